The first kappa shape index (κ1) is 26.4. The van der Waals surface area contributed by atoms with Crippen molar-refractivity contribution in [2.75, 3.05) is 23.4 Å². The summed E-state index contributed by atoms with van der Waals surface area (Å²) in [6, 6.07) is 1.18. The maximum absolute atomic E-state index is 13.2. The Kier molecular flexibility index (Phi) is 7.12. The summed E-state index contributed by atoms with van der Waals surface area (Å²) < 4.78 is 85.5. The summed E-state index contributed by atoms with van der Waals surface area (Å²) in [7, 11) is 0. The van der Waals surface area contributed by atoms with E-state index in [1.54, 1.807) is 34.6 Å². The molecular formula is C21H22F6N8O2. The highest BCUT2D eigenvalue weighted by Gasteiger charge is 2.37. The lowest BCUT2D eigenvalue weighted by Crippen LogP contribution is -2.35. The summed E-state index contributed by atoms with van der Waals surface area (Å²) in [6.45, 7) is 4.52. The Bertz CT molecular complexity index is 1290. The van der Waals surface area contributed by atoms with Crippen LogP contribution in [0.4, 0.5) is 38.0 Å². The molecule has 4 rings (SSSR count). The van der Waals surface area contributed by atoms with E-state index in [4.69, 9.17) is 4.74 Å². The second kappa shape index (κ2) is 9.99. The third-order valence-corrected chi connectivity index (χ3v) is 5.62. The highest BCUT2D eigenvalue weighted by molar-refractivity contribution is 5.50. The molecule has 0 saturated carbocycles. The summed E-state index contributed by atoms with van der Waals surface area (Å²) in [5.74, 6) is 0.165. The zero-order valence-electron chi connectivity index (χ0n) is 19.6. The number of ether oxygens (including phenoxy) is 1. The van der Waals surface area contributed by atoms with Gasteiger partial charge in [0.15, 0.2) is 0 Å². The summed E-state index contributed by atoms with van der Waals surface area (Å²) in [5.41, 5.74) is -2.76. The monoisotopic (exact) mass is 532 g/mol. The number of anilines is 2. The summed E-state index contributed by atoms with van der Waals surface area (Å²) >= 11 is 0. The van der Waals surface area contributed by atoms with Crippen LogP contribution < -0.4 is 15.8 Å². The van der Waals surface area contributed by atoms with Gasteiger partial charge in [0.2, 0.25) is 5.95 Å². The van der Waals surface area contributed by atoms with Gasteiger partial charge < -0.3 is 15.0 Å². The smallest absolute Gasteiger partial charge is 0.378 e. The fourth-order valence-corrected chi connectivity index (χ4v) is 3.76. The minimum atomic E-state index is -4.86. The number of rotatable bonds is 7. The van der Waals surface area contributed by atoms with Crippen LogP contribution in [0, 0.1) is 0 Å². The molecule has 200 valence electrons. The van der Waals surface area contributed by atoms with Crippen molar-refractivity contribution in [2.24, 2.45) is 0 Å². The molecule has 10 nitrogen and oxygen atoms in total. The Labute approximate surface area is 205 Å². The number of nitrogens with zero attached hydrogens (tertiary/aromatic N) is 6. The fourth-order valence-electron chi connectivity index (χ4n) is 3.76. The lowest BCUT2D eigenvalue weighted by molar-refractivity contribution is -0.139. The van der Waals surface area contributed by atoms with Crippen LogP contribution in [0.25, 0.3) is 0 Å². The van der Waals surface area contributed by atoms with E-state index in [0.29, 0.717) is 25.3 Å². The Morgan fingerprint density at radius 1 is 1.08 bits per heavy atom. The first-order chi connectivity index (χ1) is 17.3. The zero-order valence-corrected chi connectivity index (χ0v) is 19.6. The number of halogens is 6. The molecule has 16 heteroatoms. The molecule has 0 spiro atoms. The van der Waals surface area contributed by atoms with E-state index in [1.807, 2.05) is 0 Å². The first-order valence-electron chi connectivity index (χ1n) is 11.1. The molecule has 2 unspecified atom stereocenters. The molecule has 0 amide bonds. The largest absolute Gasteiger partial charge is 0.423 e. The molecule has 2 atom stereocenters. The van der Waals surface area contributed by atoms with Gasteiger partial charge in [0.05, 0.1) is 54.6 Å². The molecule has 0 radical (unpaired) electrons. The van der Waals surface area contributed by atoms with Crippen LogP contribution >= 0.6 is 0 Å². The van der Waals surface area contributed by atoms with E-state index in [9.17, 15) is 31.1 Å². The number of aromatic nitrogens is 6. The molecule has 1 aliphatic heterocycles. The number of hydrogen-bond donors (Lipinski definition) is 2. The highest BCUT2D eigenvalue weighted by atomic mass is 19.4. The van der Waals surface area contributed by atoms with Crippen LogP contribution in [-0.2, 0) is 30.2 Å². The quantitative estimate of drug-likeness (QED) is 0.446. The van der Waals surface area contributed by atoms with Gasteiger partial charge in [0.1, 0.15) is 5.56 Å². The van der Waals surface area contributed by atoms with Crippen molar-refractivity contribution in [1.82, 2.24) is 29.9 Å². The van der Waals surface area contributed by atoms with Crippen LogP contribution in [0.2, 0.25) is 0 Å². The SMILES string of the molecule is CC(COC(C)c1cc2n(n1)CCN(c1ncc(C(F)(F)F)cn1)C2)Nc1cn[nH]c(=O)c1C(F)(F)F. The number of fused-ring (bicyclic) bond motifs is 1. The van der Waals surface area contributed by atoms with Crippen molar-refractivity contribution in [3.63, 3.8) is 0 Å². The van der Waals surface area contributed by atoms with Crippen molar-refractivity contribution >= 4 is 11.6 Å². The number of hydrogen-bond acceptors (Lipinski definition) is 8. The van der Waals surface area contributed by atoms with Gasteiger partial charge in [-0.2, -0.15) is 36.5 Å². The molecule has 0 fully saturated rings. The summed E-state index contributed by atoms with van der Waals surface area (Å²) in [6.07, 6.45) is -7.53. The average Bonchev–Trinajstić information content (AvgIpc) is 3.25. The topological polar surface area (TPSA) is 114 Å². The van der Waals surface area contributed by atoms with Crippen LogP contribution in [0.5, 0.6) is 0 Å². The van der Waals surface area contributed by atoms with Gasteiger partial charge in [-0.3, -0.25) is 9.48 Å². The van der Waals surface area contributed by atoms with Crippen LogP contribution in [0.15, 0.2) is 29.5 Å². The molecule has 37 heavy (non-hydrogen) atoms. The predicted molar refractivity (Wildman–Crippen MR) is 118 cm³/mol. The molecule has 0 saturated heterocycles. The molecule has 3 aromatic rings. The zero-order chi connectivity index (χ0) is 27.0. The number of H-pyrrole nitrogens is 1. The molecule has 0 aliphatic carbocycles. The number of nitrogens with one attached hydrogen (secondary N) is 2. The minimum Gasteiger partial charge on any atom is -0.378 e. The van der Waals surface area contributed by atoms with Gasteiger partial charge in [0.25, 0.3) is 5.56 Å². The minimum absolute atomic E-state index is 0.00102. The predicted octanol–water partition coefficient (Wildman–Crippen LogP) is 3.39. The molecule has 3 aromatic heterocycles. The van der Waals surface area contributed by atoms with Crippen molar-refractivity contribution in [3.8, 4) is 0 Å². The Morgan fingerprint density at radius 3 is 2.43 bits per heavy atom. The molecule has 0 aromatic carbocycles. The maximum Gasteiger partial charge on any atom is 0.423 e. The summed E-state index contributed by atoms with van der Waals surface area (Å²) in [4.78, 5) is 21.0. The van der Waals surface area contributed by atoms with Gasteiger partial charge in [-0.25, -0.2) is 15.1 Å². The third kappa shape index (κ3) is 6.00. The third-order valence-electron chi connectivity index (χ3n) is 5.62. The molecule has 1 aliphatic rings. The van der Waals surface area contributed by atoms with E-state index in [1.165, 1.54) is 0 Å². The second-order valence-electron chi connectivity index (χ2n) is 8.48. The van der Waals surface area contributed by atoms with Gasteiger partial charge in [-0.1, -0.05) is 0 Å². The van der Waals surface area contributed by atoms with E-state index in [2.05, 4.69) is 25.5 Å². The van der Waals surface area contributed by atoms with Crippen LogP contribution in [0.1, 0.15) is 42.5 Å². The molecule has 4 heterocycles. The van der Waals surface area contributed by atoms with E-state index in [-0.39, 0.29) is 12.6 Å². The fraction of sp³-hybridized carbons (Fsp3) is 0.476. The summed E-state index contributed by atoms with van der Waals surface area (Å²) in [5, 5.41) is 12.3. The van der Waals surface area contributed by atoms with Gasteiger partial charge in [-0.05, 0) is 19.9 Å². The van der Waals surface area contributed by atoms with Crippen molar-refractivity contribution in [3.05, 3.63) is 57.5 Å². The van der Waals surface area contributed by atoms with Gasteiger partial charge in [0, 0.05) is 25.0 Å². The molecule has 0 bridgehead atoms. The van der Waals surface area contributed by atoms with Crippen molar-refractivity contribution in [1.29, 1.82) is 0 Å². The Balaban J connectivity index is 1.36. The van der Waals surface area contributed by atoms with E-state index >= 15 is 0 Å². The maximum atomic E-state index is 13.2. The number of aromatic amines is 1. The lowest BCUT2D eigenvalue weighted by atomic mass is 10.2. The average molecular weight is 532 g/mol. The first-order valence-corrected chi connectivity index (χ1v) is 11.1. The second-order valence-corrected chi connectivity index (χ2v) is 8.48. The van der Waals surface area contributed by atoms with Crippen molar-refractivity contribution < 1.29 is 31.1 Å². The van der Waals surface area contributed by atoms with Gasteiger partial charge in [-0.15, -0.1) is 0 Å². The number of alkyl halides is 6. The molecular weight excluding hydrogens is 510 g/mol. The van der Waals surface area contributed by atoms with Crippen LogP contribution in [0.3, 0.4) is 0 Å². The molecule has 2 N–H and O–H groups in total. The highest BCUT2D eigenvalue weighted by Crippen LogP contribution is 2.32. The Hall–Kier alpha value is -3.69. The lowest BCUT2D eigenvalue weighted by Gasteiger charge is -2.27. The van der Waals surface area contributed by atoms with E-state index in [0.717, 1.165) is 24.3 Å². The standard InChI is InChI=1S/C21H22F6N8O2/c1-11(31-16-8-30-32-18(36)17(16)21(25,26)27)10-37-12(2)15-5-14-9-34(3-4-35(14)33-15)19-28-6-13(7-29-19)20(22,23)24/h5-8,11-12H,3-4,9-10H2,1-2H3,(H2,31,32,36). The van der Waals surface area contributed by atoms with Crippen molar-refractivity contribution in [2.45, 2.75) is 51.4 Å². The van der Waals surface area contributed by atoms with E-state index < -0.39 is 46.9 Å². The normalized spacial score (nSPS) is 15.8. The van der Waals surface area contributed by atoms with Gasteiger partial charge >= 0.3 is 12.4 Å². The Morgan fingerprint density at radius 2 is 1.78 bits per heavy atom. The van der Waals surface area contributed by atoms with Crippen LogP contribution in [-0.4, -0.2) is 49.1 Å².